The molecule has 1 N–H and O–H groups in total. The summed E-state index contributed by atoms with van der Waals surface area (Å²) in [6.07, 6.45) is 5.83. The number of carbonyl (C=O) groups is 1. The van der Waals surface area contributed by atoms with Gasteiger partial charge in [0.2, 0.25) is 0 Å². The molecule has 3 aromatic heterocycles. The predicted molar refractivity (Wildman–Crippen MR) is 85.6 cm³/mol. The Hall–Kier alpha value is -2.70. The summed E-state index contributed by atoms with van der Waals surface area (Å²) in [7, 11) is 0. The second-order valence-electron chi connectivity index (χ2n) is 5.93. The van der Waals surface area contributed by atoms with Crippen molar-refractivity contribution in [1.29, 1.82) is 0 Å². The first-order chi connectivity index (χ1) is 11.2. The summed E-state index contributed by atoms with van der Waals surface area (Å²) < 4.78 is 3.55. The van der Waals surface area contributed by atoms with Crippen molar-refractivity contribution in [2.45, 2.75) is 39.2 Å². The maximum Gasteiger partial charge on any atom is 0.274 e. The maximum atomic E-state index is 12.7. The number of pyridine rings is 1. The lowest BCUT2D eigenvalue weighted by atomic mass is 10.2. The van der Waals surface area contributed by atoms with E-state index in [9.17, 15) is 4.79 Å². The molecule has 7 heteroatoms. The smallest absolute Gasteiger partial charge is 0.274 e. The van der Waals surface area contributed by atoms with Crippen LogP contribution in [0.2, 0.25) is 0 Å². The van der Waals surface area contributed by atoms with Crippen molar-refractivity contribution in [2.75, 3.05) is 5.32 Å². The maximum absolute atomic E-state index is 12.7. The fraction of sp³-hybridized carbons (Fsp3) is 0.375. The summed E-state index contributed by atoms with van der Waals surface area (Å²) in [6.45, 7) is 4.60. The van der Waals surface area contributed by atoms with Crippen LogP contribution in [0.4, 0.5) is 5.69 Å². The molecule has 118 valence electrons. The average Bonchev–Trinajstić information content (AvgIpc) is 3.13. The molecular formula is C16H18N6O. The number of rotatable bonds is 4. The van der Waals surface area contributed by atoms with E-state index in [2.05, 4.69) is 20.6 Å². The van der Waals surface area contributed by atoms with Gasteiger partial charge in [-0.05, 0) is 44.4 Å². The zero-order valence-electron chi connectivity index (χ0n) is 13.2. The Labute approximate surface area is 133 Å². The molecule has 0 bridgehead atoms. The third kappa shape index (κ3) is 2.38. The first kappa shape index (κ1) is 13.9. The van der Waals surface area contributed by atoms with E-state index in [1.165, 1.54) is 12.8 Å². The molecular weight excluding hydrogens is 292 g/mol. The van der Waals surface area contributed by atoms with Crippen LogP contribution < -0.4 is 5.32 Å². The monoisotopic (exact) mass is 310 g/mol. The lowest BCUT2D eigenvalue weighted by molar-refractivity contribution is 0.101. The first-order valence-corrected chi connectivity index (χ1v) is 7.85. The van der Waals surface area contributed by atoms with Gasteiger partial charge in [0.05, 0.1) is 11.4 Å². The Bertz CT molecular complexity index is 889. The second kappa shape index (κ2) is 5.19. The van der Waals surface area contributed by atoms with E-state index in [1.807, 2.05) is 32.2 Å². The molecule has 0 atom stereocenters. The van der Waals surface area contributed by atoms with Crippen LogP contribution in [0.25, 0.3) is 5.65 Å². The van der Waals surface area contributed by atoms with E-state index >= 15 is 0 Å². The van der Waals surface area contributed by atoms with Crippen LogP contribution in [0.1, 0.15) is 47.4 Å². The van der Waals surface area contributed by atoms with Crippen LogP contribution in [0.3, 0.4) is 0 Å². The summed E-state index contributed by atoms with van der Waals surface area (Å²) >= 11 is 0. The number of carbonyl (C=O) groups excluding carboxylic acids is 1. The summed E-state index contributed by atoms with van der Waals surface area (Å²) in [4.78, 5) is 12.7. The molecule has 23 heavy (non-hydrogen) atoms. The van der Waals surface area contributed by atoms with Gasteiger partial charge in [-0.3, -0.25) is 13.9 Å². The van der Waals surface area contributed by atoms with E-state index in [1.54, 1.807) is 15.4 Å². The van der Waals surface area contributed by atoms with Crippen LogP contribution in [0.15, 0.2) is 24.7 Å². The minimum absolute atomic E-state index is 0.162. The van der Waals surface area contributed by atoms with Crippen molar-refractivity contribution in [3.8, 4) is 0 Å². The van der Waals surface area contributed by atoms with Crippen LogP contribution in [-0.4, -0.2) is 30.3 Å². The van der Waals surface area contributed by atoms with Gasteiger partial charge in [-0.15, -0.1) is 10.2 Å². The number of nitrogens with one attached hydrogen (secondary N) is 1. The van der Waals surface area contributed by atoms with Crippen LogP contribution in [0, 0.1) is 6.92 Å². The number of amides is 1. The lowest BCUT2D eigenvalue weighted by Gasteiger charge is -2.10. The fourth-order valence-electron chi connectivity index (χ4n) is 2.75. The van der Waals surface area contributed by atoms with Gasteiger partial charge >= 0.3 is 0 Å². The van der Waals surface area contributed by atoms with Gasteiger partial charge in [0.15, 0.2) is 5.65 Å². The van der Waals surface area contributed by atoms with Crippen LogP contribution in [0.5, 0.6) is 0 Å². The SMILES string of the molecule is CCn1nc(C2CC2)cc1C(=O)Nc1c(C)ccn2cnnc12. The molecule has 0 saturated heterocycles. The van der Waals surface area contributed by atoms with Crippen LogP contribution >= 0.6 is 0 Å². The van der Waals surface area contributed by atoms with Crippen molar-refractivity contribution in [3.05, 3.63) is 41.6 Å². The number of aromatic nitrogens is 5. The van der Waals surface area contributed by atoms with Crippen molar-refractivity contribution < 1.29 is 4.79 Å². The standard InChI is InChI=1S/C16H18N6O/c1-3-22-13(8-12(20-22)11-4-5-11)16(23)18-14-10(2)6-7-21-9-17-19-15(14)21/h6-9,11H,3-5H2,1-2H3,(H,18,23). The largest absolute Gasteiger partial charge is 0.317 e. The number of anilines is 1. The van der Waals surface area contributed by atoms with Gasteiger partial charge in [0.25, 0.3) is 5.91 Å². The third-order valence-electron chi connectivity index (χ3n) is 4.24. The Morgan fingerprint density at radius 2 is 2.26 bits per heavy atom. The molecule has 0 aliphatic heterocycles. The molecule has 3 heterocycles. The summed E-state index contributed by atoms with van der Waals surface area (Å²) in [5.74, 6) is 0.362. The summed E-state index contributed by atoms with van der Waals surface area (Å²) in [5.41, 5.74) is 3.89. The Morgan fingerprint density at radius 1 is 1.43 bits per heavy atom. The van der Waals surface area contributed by atoms with Gasteiger partial charge in [-0.25, -0.2) is 0 Å². The Balaban J connectivity index is 1.69. The topological polar surface area (TPSA) is 77.1 Å². The van der Waals surface area contributed by atoms with Gasteiger partial charge in [0, 0.05) is 18.7 Å². The zero-order valence-corrected chi connectivity index (χ0v) is 13.2. The highest BCUT2D eigenvalue weighted by molar-refractivity contribution is 6.05. The normalized spacial score (nSPS) is 14.3. The molecule has 0 spiro atoms. The van der Waals surface area contributed by atoms with E-state index < -0.39 is 0 Å². The van der Waals surface area contributed by atoms with Gasteiger partial charge in [0.1, 0.15) is 12.0 Å². The van der Waals surface area contributed by atoms with Crippen molar-refractivity contribution in [2.24, 2.45) is 0 Å². The highest BCUT2D eigenvalue weighted by atomic mass is 16.2. The third-order valence-corrected chi connectivity index (χ3v) is 4.24. The van der Waals surface area contributed by atoms with Crippen molar-refractivity contribution in [1.82, 2.24) is 24.4 Å². The summed E-state index contributed by atoms with van der Waals surface area (Å²) in [6, 6.07) is 3.84. The van der Waals surface area contributed by atoms with E-state index in [0.717, 1.165) is 11.3 Å². The molecule has 4 rings (SSSR count). The quantitative estimate of drug-likeness (QED) is 0.802. The average molecular weight is 310 g/mol. The summed E-state index contributed by atoms with van der Waals surface area (Å²) in [5, 5.41) is 15.5. The molecule has 1 amide bonds. The first-order valence-electron chi connectivity index (χ1n) is 7.85. The zero-order chi connectivity index (χ0) is 16.0. The molecule has 1 fully saturated rings. The molecule has 0 aromatic carbocycles. The highest BCUT2D eigenvalue weighted by Gasteiger charge is 2.28. The van der Waals surface area contributed by atoms with Crippen molar-refractivity contribution in [3.63, 3.8) is 0 Å². The number of nitrogens with zero attached hydrogens (tertiary/aromatic N) is 5. The fourth-order valence-corrected chi connectivity index (χ4v) is 2.75. The second-order valence-corrected chi connectivity index (χ2v) is 5.93. The number of hydrogen-bond acceptors (Lipinski definition) is 4. The highest BCUT2D eigenvalue weighted by Crippen LogP contribution is 2.39. The molecule has 1 aliphatic carbocycles. The number of aryl methyl sites for hydroxylation is 2. The predicted octanol–water partition coefficient (Wildman–Crippen LogP) is 2.38. The minimum Gasteiger partial charge on any atom is -0.317 e. The van der Waals surface area contributed by atoms with Crippen LogP contribution in [-0.2, 0) is 6.54 Å². The minimum atomic E-state index is -0.162. The molecule has 0 radical (unpaired) electrons. The molecule has 3 aromatic rings. The molecule has 1 saturated carbocycles. The van der Waals surface area contributed by atoms with Crippen molar-refractivity contribution >= 4 is 17.2 Å². The number of hydrogen-bond donors (Lipinski definition) is 1. The van der Waals surface area contributed by atoms with E-state index in [4.69, 9.17) is 0 Å². The number of fused-ring (bicyclic) bond motifs is 1. The molecule has 0 unspecified atom stereocenters. The van der Waals surface area contributed by atoms with E-state index in [0.29, 0.717) is 29.5 Å². The van der Waals surface area contributed by atoms with E-state index in [-0.39, 0.29) is 5.91 Å². The van der Waals surface area contributed by atoms with Gasteiger partial charge < -0.3 is 5.32 Å². The van der Waals surface area contributed by atoms with Gasteiger partial charge in [-0.1, -0.05) is 0 Å². The Morgan fingerprint density at radius 3 is 3.00 bits per heavy atom. The molecule has 1 aliphatic rings. The lowest BCUT2D eigenvalue weighted by Crippen LogP contribution is -2.18. The van der Waals surface area contributed by atoms with Gasteiger partial charge in [-0.2, -0.15) is 5.10 Å². The molecule has 7 nitrogen and oxygen atoms in total. The Kier molecular flexibility index (Phi) is 3.14.